The fourth-order valence-electron chi connectivity index (χ4n) is 3.57. The molecule has 0 saturated carbocycles. The van der Waals surface area contributed by atoms with Crippen LogP contribution in [0.15, 0.2) is 10.6 Å². The molecule has 1 aromatic rings. The van der Waals surface area contributed by atoms with Gasteiger partial charge in [-0.25, -0.2) is 0 Å². The summed E-state index contributed by atoms with van der Waals surface area (Å²) in [4.78, 5) is 29.7. The van der Waals surface area contributed by atoms with Gasteiger partial charge in [-0.1, -0.05) is 31.8 Å². The standard InChI is InChI=1S/C21H36N4O4/c1-4-6-8-18(5-2)21(27)25(10-7-9-24-11-13-28-14-12-24)16-20(26)22-19-15-17(3)29-23-19/h15,18H,4-14,16H2,1-3H3,(H,22,23,26)/t18-/m0/s1. The maximum atomic E-state index is 13.1. The second-order valence-corrected chi connectivity index (χ2v) is 7.69. The predicted octanol–water partition coefficient (Wildman–Crippen LogP) is 2.69. The lowest BCUT2D eigenvalue weighted by molar-refractivity contribution is -0.138. The maximum Gasteiger partial charge on any atom is 0.245 e. The Morgan fingerprint density at radius 1 is 1.28 bits per heavy atom. The number of anilines is 1. The average molecular weight is 409 g/mol. The first-order valence-corrected chi connectivity index (χ1v) is 10.9. The quantitative estimate of drug-likeness (QED) is 0.572. The van der Waals surface area contributed by atoms with E-state index in [-0.39, 0.29) is 24.3 Å². The number of carbonyl (C=O) groups is 2. The summed E-state index contributed by atoms with van der Waals surface area (Å²) in [5.41, 5.74) is 0. The smallest absolute Gasteiger partial charge is 0.245 e. The number of ether oxygens (including phenoxy) is 1. The van der Waals surface area contributed by atoms with Crippen LogP contribution in [0.25, 0.3) is 0 Å². The minimum absolute atomic E-state index is 0.0274. The molecular formula is C21H36N4O4. The van der Waals surface area contributed by atoms with Crippen molar-refractivity contribution in [1.29, 1.82) is 0 Å². The normalized spacial score (nSPS) is 15.8. The molecule has 1 aliphatic rings. The molecule has 1 aromatic heterocycles. The molecule has 2 rings (SSSR count). The van der Waals surface area contributed by atoms with Crippen LogP contribution < -0.4 is 5.32 Å². The van der Waals surface area contributed by atoms with Gasteiger partial charge in [0.15, 0.2) is 5.82 Å². The third-order valence-corrected chi connectivity index (χ3v) is 5.30. The number of aromatic nitrogens is 1. The monoisotopic (exact) mass is 408 g/mol. The zero-order valence-electron chi connectivity index (χ0n) is 18.1. The number of nitrogens with zero attached hydrogens (tertiary/aromatic N) is 3. The lowest BCUT2D eigenvalue weighted by Crippen LogP contribution is -2.43. The number of hydrogen-bond donors (Lipinski definition) is 1. The molecule has 164 valence electrons. The van der Waals surface area contributed by atoms with Crippen molar-refractivity contribution in [2.45, 2.75) is 52.9 Å². The van der Waals surface area contributed by atoms with Gasteiger partial charge in [0.1, 0.15) is 5.76 Å². The lowest BCUT2D eigenvalue weighted by atomic mass is 9.97. The Bertz CT molecular complexity index is 628. The van der Waals surface area contributed by atoms with Crippen LogP contribution in [0.3, 0.4) is 0 Å². The van der Waals surface area contributed by atoms with E-state index in [0.29, 0.717) is 18.1 Å². The van der Waals surface area contributed by atoms with Crippen molar-refractivity contribution >= 4 is 17.6 Å². The van der Waals surface area contributed by atoms with E-state index in [9.17, 15) is 9.59 Å². The molecule has 1 aliphatic heterocycles. The van der Waals surface area contributed by atoms with Gasteiger partial charge in [0.25, 0.3) is 0 Å². The van der Waals surface area contributed by atoms with Crippen molar-refractivity contribution in [1.82, 2.24) is 15.0 Å². The molecule has 1 fully saturated rings. The molecule has 1 N–H and O–H groups in total. The molecule has 0 aliphatic carbocycles. The number of carbonyl (C=O) groups excluding carboxylic acids is 2. The number of rotatable bonds is 12. The molecule has 0 radical (unpaired) electrons. The average Bonchev–Trinajstić information content (AvgIpc) is 3.12. The van der Waals surface area contributed by atoms with Gasteiger partial charge in [0.05, 0.1) is 19.8 Å². The van der Waals surface area contributed by atoms with Gasteiger partial charge in [-0.05, 0) is 26.2 Å². The Hall–Kier alpha value is -1.93. The highest BCUT2D eigenvalue weighted by Crippen LogP contribution is 2.17. The summed E-state index contributed by atoms with van der Waals surface area (Å²) in [6.07, 6.45) is 4.59. The Morgan fingerprint density at radius 2 is 2.03 bits per heavy atom. The summed E-state index contributed by atoms with van der Waals surface area (Å²) >= 11 is 0. The van der Waals surface area contributed by atoms with Crippen LogP contribution in [0.4, 0.5) is 5.82 Å². The zero-order valence-corrected chi connectivity index (χ0v) is 18.1. The van der Waals surface area contributed by atoms with E-state index in [1.807, 2.05) is 6.92 Å². The largest absolute Gasteiger partial charge is 0.379 e. The van der Waals surface area contributed by atoms with Crippen LogP contribution in [0, 0.1) is 12.8 Å². The Balaban J connectivity index is 1.94. The van der Waals surface area contributed by atoms with Crippen LogP contribution in [0.2, 0.25) is 0 Å². The predicted molar refractivity (Wildman–Crippen MR) is 112 cm³/mol. The molecule has 0 bridgehead atoms. The first-order chi connectivity index (χ1) is 14.0. The van der Waals surface area contributed by atoms with Gasteiger partial charge >= 0.3 is 0 Å². The minimum Gasteiger partial charge on any atom is -0.379 e. The summed E-state index contributed by atoms with van der Waals surface area (Å²) in [5.74, 6) is 0.814. The van der Waals surface area contributed by atoms with E-state index in [1.165, 1.54) is 0 Å². The van der Waals surface area contributed by atoms with Crippen molar-refractivity contribution in [3.63, 3.8) is 0 Å². The topological polar surface area (TPSA) is 87.9 Å². The summed E-state index contributed by atoms with van der Waals surface area (Å²) in [5, 5.41) is 6.52. The first kappa shape index (κ1) is 23.3. The molecule has 0 aromatic carbocycles. The van der Waals surface area contributed by atoms with E-state index in [1.54, 1.807) is 17.9 Å². The van der Waals surface area contributed by atoms with Crippen molar-refractivity contribution < 1.29 is 18.8 Å². The molecule has 0 unspecified atom stereocenters. The van der Waals surface area contributed by atoms with Gasteiger partial charge in [-0.3, -0.25) is 14.5 Å². The van der Waals surface area contributed by atoms with Gasteiger partial charge in [0, 0.05) is 38.2 Å². The highest BCUT2D eigenvalue weighted by Gasteiger charge is 2.25. The number of morpholine rings is 1. The first-order valence-electron chi connectivity index (χ1n) is 10.9. The SMILES string of the molecule is CCCC[C@H](CC)C(=O)N(CCCN1CCOCC1)CC(=O)Nc1cc(C)on1. The second-order valence-electron chi connectivity index (χ2n) is 7.69. The van der Waals surface area contributed by atoms with Crippen LogP contribution in [0.5, 0.6) is 0 Å². The van der Waals surface area contributed by atoms with E-state index >= 15 is 0 Å². The number of hydrogen-bond acceptors (Lipinski definition) is 6. The van der Waals surface area contributed by atoms with Gasteiger partial charge in [-0.15, -0.1) is 0 Å². The molecule has 29 heavy (non-hydrogen) atoms. The fraction of sp³-hybridized carbons (Fsp3) is 0.762. The molecule has 1 saturated heterocycles. The van der Waals surface area contributed by atoms with E-state index in [2.05, 4.69) is 22.3 Å². The van der Waals surface area contributed by atoms with Crippen molar-refractivity contribution in [3.05, 3.63) is 11.8 Å². The Morgan fingerprint density at radius 3 is 2.66 bits per heavy atom. The highest BCUT2D eigenvalue weighted by atomic mass is 16.5. The lowest BCUT2D eigenvalue weighted by Gasteiger charge is -2.29. The van der Waals surface area contributed by atoms with Gasteiger partial charge < -0.3 is 19.5 Å². The van der Waals surface area contributed by atoms with Crippen LogP contribution in [-0.2, 0) is 14.3 Å². The Labute approximate surface area is 173 Å². The zero-order chi connectivity index (χ0) is 21.1. The second kappa shape index (κ2) is 12.6. The van der Waals surface area contributed by atoms with Gasteiger partial charge in [-0.2, -0.15) is 0 Å². The maximum absolute atomic E-state index is 13.1. The third kappa shape index (κ3) is 8.14. The van der Waals surface area contributed by atoms with E-state index in [0.717, 1.165) is 65.0 Å². The summed E-state index contributed by atoms with van der Waals surface area (Å²) < 4.78 is 10.4. The molecule has 8 nitrogen and oxygen atoms in total. The molecule has 2 amide bonds. The highest BCUT2D eigenvalue weighted by molar-refractivity contribution is 5.94. The number of unbranched alkanes of at least 4 members (excludes halogenated alkanes) is 1. The summed E-state index contributed by atoms with van der Waals surface area (Å²) in [6.45, 7) is 10.8. The molecular weight excluding hydrogens is 372 g/mol. The number of aryl methyl sites for hydroxylation is 1. The van der Waals surface area contributed by atoms with Crippen LogP contribution >= 0.6 is 0 Å². The molecule has 2 heterocycles. The Kier molecular flexibility index (Phi) is 10.1. The minimum atomic E-state index is -0.247. The summed E-state index contributed by atoms with van der Waals surface area (Å²) in [6, 6.07) is 1.67. The van der Waals surface area contributed by atoms with Crippen LogP contribution in [0.1, 0.15) is 51.7 Å². The molecule has 8 heteroatoms. The van der Waals surface area contributed by atoms with Crippen LogP contribution in [-0.4, -0.2) is 72.7 Å². The fourth-order valence-corrected chi connectivity index (χ4v) is 3.57. The number of amides is 2. The van der Waals surface area contributed by atoms with Crippen molar-refractivity contribution in [2.75, 3.05) is 51.3 Å². The van der Waals surface area contributed by atoms with E-state index < -0.39 is 0 Å². The van der Waals surface area contributed by atoms with E-state index in [4.69, 9.17) is 9.26 Å². The molecule has 0 spiro atoms. The third-order valence-electron chi connectivity index (χ3n) is 5.30. The van der Waals surface area contributed by atoms with Crippen molar-refractivity contribution in [2.24, 2.45) is 5.92 Å². The summed E-state index contributed by atoms with van der Waals surface area (Å²) in [7, 11) is 0. The van der Waals surface area contributed by atoms with Gasteiger partial charge in [0.2, 0.25) is 11.8 Å². The molecule has 1 atom stereocenters. The number of nitrogens with one attached hydrogen (secondary N) is 1. The van der Waals surface area contributed by atoms with Crippen molar-refractivity contribution in [3.8, 4) is 0 Å².